The monoisotopic (exact) mass is 408 g/mol. The number of imidazole rings is 1. The van der Waals surface area contributed by atoms with Crippen LogP contribution in [-0.4, -0.2) is 15.5 Å². The number of alkyl halides is 2. The predicted octanol–water partition coefficient (Wildman–Crippen LogP) is 7.09. The molecule has 5 atom stereocenters. The number of hydrogen-bond donors (Lipinski definition) is 0. The Balaban J connectivity index is 1.35. The van der Waals surface area contributed by atoms with Crippen LogP contribution in [0.5, 0.6) is 0 Å². The highest BCUT2D eigenvalue weighted by Gasteiger charge is 2.58. The summed E-state index contributed by atoms with van der Waals surface area (Å²) in [5.74, 6) is -0.789. The number of fused-ring (bicyclic) bond motifs is 6. The molecule has 6 rings (SSSR count). The zero-order chi connectivity index (χ0) is 20.7. The molecule has 30 heavy (non-hydrogen) atoms. The Morgan fingerprint density at radius 2 is 1.80 bits per heavy atom. The third-order valence-electron chi connectivity index (χ3n) is 9.34. The summed E-state index contributed by atoms with van der Waals surface area (Å²) in [7, 11) is 0. The Morgan fingerprint density at radius 1 is 0.967 bits per heavy atom. The molecular weight excluding hydrogens is 378 g/mol. The van der Waals surface area contributed by atoms with E-state index in [2.05, 4.69) is 53.7 Å². The zero-order valence-electron chi connectivity index (χ0n) is 17.9. The van der Waals surface area contributed by atoms with Gasteiger partial charge in [0.2, 0.25) is 0 Å². The van der Waals surface area contributed by atoms with E-state index in [0.29, 0.717) is 24.2 Å². The summed E-state index contributed by atoms with van der Waals surface area (Å²) in [6.07, 6.45) is 11.7. The van der Waals surface area contributed by atoms with Crippen molar-refractivity contribution in [1.82, 2.24) is 9.55 Å². The number of allylic oxidation sites excluding steroid dienone is 4. The topological polar surface area (TPSA) is 17.8 Å². The molecule has 0 saturated heterocycles. The molecule has 2 fully saturated rings. The van der Waals surface area contributed by atoms with Gasteiger partial charge in [-0.15, -0.1) is 0 Å². The van der Waals surface area contributed by atoms with Gasteiger partial charge in [0, 0.05) is 24.0 Å². The van der Waals surface area contributed by atoms with Crippen LogP contribution >= 0.6 is 0 Å². The van der Waals surface area contributed by atoms with Crippen molar-refractivity contribution in [1.29, 1.82) is 0 Å². The highest BCUT2D eigenvalue weighted by Crippen LogP contribution is 2.66. The largest absolute Gasteiger partial charge is 0.302 e. The summed E-state index contributed by atoms with van der Waals surface area (Å²) in [5, 5.41) is 0. The summed E-state index contributed by atoms with van der Waals surface area (Å²) in [6.45, 7) is 4.73. The Kier molecular flexibility index (Phi) is 3.78. The summed E-state index contributed by atoms with van der Waals surface area (Å²) in [5.41, 5.74) is 4.77. The predicted molar refractivity (Wildman–Crippen MR) is 116 cm³/mol. The van der Waals surface area contributed by atoms with Crippen LogP contribution in [0.25, 0.3) is 16.7 Å². The van der Waals surface area contributed by atoms with E-state index in [9.17, 15) is 8.78 Å². The van der Waals surface area contributed by atoms with Crippen LogP contribution in [0.1, 0.15) is 58.8 Å². The van der Waals surface area contributed by atoms with Gasteiger partial charge in [0.1, 0.15) is 6.33 Å². The van der Waals surface area contributed by atoms with Crippen molar-refractivity contribution in [2.45, 2.75) is 64.7 Å². The van der Waals surface area contributed by atoms with Crippen LogP contribution in [0.15, 0.2) is 48.3 Å². The number of aromatic nitrogens is 2. The molecule has 2 aromatic rings. The minimum Gasteiger partial charge on any atom is -0.302 e. The van der Waals surface area contributed by atoms with Gasteiger partial charge in [-0.3, -0.25) is 0 Å². The minimum absolute atomic E-state index is 0.0147. The first-order valence-electron chi connectivity index (χ1n) is 11.5. The first-order valence-corrected chi connectivity index (χ1v) is 11.5. The molecule has 1 heterocycles. The van der Waals surface area contributed by atoms with Gasteiger partial charge in [0.05, 0.1) is 11.0 Å². The molecule has 2 nitrogen and oxygen atoms in total. The molecule has 1 aromatic carbocycles. The van der Waals surface area contributed by atoms with Crippen LogP contribution < -0.4 is 0 Å². The van der Waals surface area contributed by atoms with E-state index in [4.69, 9.17) is 0 Å². The molecule has 158 valence electrons. The second-order valence-electron chi connectivity index (χ2n) is 10.7. The number of benzene rings is 1. The maximum absolute atomic E-state index is 14.1. The molecule has 0 spiro atoms. The summed E-state index contributed by atoms with van der Waals surface area (Å²) >= 11 is 0. The van der Waals surface area contributed by atoms with Crippen molar-refractivity contribution in [2.24, 2.45) is 28.6 Å². The molecular formula is C26H30F2N2. The number of halogens is 2. The van der Waals surface area contributed by atoms with E-state index in [0.717, 1.165) is 36.8 Å². The summed E-state index contributed by atoms with van der Waals surface area (Å²) < 4.78 is 30.6. The molecule has 0 amide bonds. The van der Waals surface area contributed by atoms with Gasteiger partial charge >= 0.3 is 0 Å². The lowest BCUT2D eigenvalue weighted by molar-refractivity contribution is -0.0760. The Bertz CT molecular complexity index is 1080. The zero-order valence-corrected chi connectivity index (χ0v) is 17.9. The van der Waals surface area contributed by atoms with Crippen LogP contribution in [-0.2, 0) is 0 Å². The van der Waals surface area contributed by atoms with E-state index in [1.807, 2.05) is 12.4 Å². The second kappa shape index (κ2) is 6.05. The molecule has 0 N–H and O–H groups in total. The average molecular weight is 409 g/mol. The van der Waals surface area contributed by atoms with Crippen molar-refractivity contribution < 1.29 is 8.78 Å². The van der Waals surface area contributed by atoms with Gasteiger partial charge in [0.15, 0.2) is 0 Å². The maximum Gasteiger partial charge on any atom is 0.251 e. The number of para-hydroxylation sites is 2. The number of rotatable bonds is 1. The fraction of sp³-hybridized carbons (Fsp3) is 0.577. The smallest absolute Gasteiger partial charge is 0.251 e. The molecule has 0 bridgehead atoms. The Morgan fingerprint density at radius 3 is 2.67 bits per heavy atom. The number of nitrogens with zero attached hydrogens (tertiary/aromatic N) is 2. The Labute approximate surface area is 177 Å². The second-order valence-corrected chi connectivity index (χ2v) is 10.7. The van der Waals surface area contributed by atoms with Crippen LogP contribution in [0.4, 0.5) is 8.78 Å². The lowest BCUT2D eigenvalue weighted by Crippen LogP contribution is -2.50. The van der Waals surface area contributed by atoms with Gasteiger partial charge in [-0.05, 0) is 67.4 Å². The first-order chi connectivity index (χ1) is 14.3. The van der Waals surface area contributed by atoms with E-state index >= 15 is 0 Å². The molecule has 2 saturated carbocycles. The van der Waals surface area contributed by atoms with E-state index in [1.54, 1.807) is 0 Å². The summed E-state index contributed by atoms with van der Waals surface area (Å²) in [4.78, 5) is 4.63. The van der Waals surface area contributed by atoms with E-state index in [-0.39, 0.29) is 23.7 Å². The quantitative estimate of drug-likeness (QED) is 0.461. The highest BCUT2D eigenvalue weighted by molar-refractivity contribution is 5.80. The summed E-state index contributed by atoms with van der Waals surface area (Å²) in [6, 6.07) is 8.36. The molecule has 4 aliphatic carbocycles. The number of hydrogen-bond acceptors (Lipinski definition) is 1. The molecule has 0 aliphatic heterocycles. The standard InChI is InChI=1S/C26H30F2N2/c1-24-13-14-26(27,28)15-17(24)7-8-18-19-9-10-23(25(19,2)12-11-20(18)24)30-16-29-21-5-3-4-6-22(21)30/h3-7,10,16,18-20H,8-9,11-15H2,1-2H3/t18-,19-,20-,24-,25-/m0/s1. The van der Waals surface area contributed by atoms with Crippen molar-refractivity contribution in [3.05, 3.63) is 48.3 Å². The van der Waals surface area contributed by atoms with Crippen molar-refractivity contribution in [3.8, 4) is 0 Å². The molecule has 0 radical (unpaired) electrons. The highest BCUT2D eigenvalue weighted by atomic mass is 19.3. The SMILES string of the molecule is C[C@]12CCC(F)(F)CC1=CC[C@@H]1[C@@H]2CC[C@]2(C)C(n3cnc4ccccc43)=CC[C@@H]12. The minimum atomic E-state index is -2.51. The third-order valence-corrected chi connectivity index (χ3v) is 9.34. The fourth-order valence-electron chi connectivity index (χ4n) is 7.66. The van der Waals surface area contributed by atoms with Gasteiger partial charge in [-0.1, -0.05) is 43.7 Å². The fourth-order valence-corrected chi connectivity index (χ4v) is 7.66. The first kappa shape index (κ1) is 18.8. The van der Waals surface area contributed by atoms with Gasteiger partial charge in [-0.2, -0.15) is 0 Å². The van der Waals surface area contributed by atoms with Crippen LogP contribution in [0, 0.1) is 28.6 Å². The molecule has 4 aliphatic rings. The van der Waals surface area contributed by atoms with Crippen LogP contribution in [0.2, 0.25) is 0 Å². The van der Waals surface area contributed by atoms with Crippen LogP contribution in [0.3, 0.4) is 0 Å². The normalized spacial score (nSPS) is 39.7. The van der Waals surface area contributed by atoms with E-state index in [1.165, 1.54) is 11.2 Å². The van der Waals surface area contributed by atoms with Gasteiger partial charge in [0.25, 0.3) is 5.92 Å². The molecule has 4 heteroatoms. The van der Waals surface area contributed by atoms with E-state index < -0.39 is 5.92 Å². The van der Waals surface area contributed by atoms with Crippen molar-refractivity contribution >= 4 is 16.7 Å². The third kappa shape index (κ3) is 2.42. The van der Waals surface area contributed by atoms with Crippen molar-refractivity contribution in [2.75, 3.05) is 0 Å². The average Bonchev–Trinajstić information content (AvgIpc) is 3.29. The van der Waals surface area contributed by atoms with Gasteiger partial charge < -0.3 is 4.57 Å². The Hall–Kier alpha value is -1.97. The lowest BCUT2D eigenvalue weighted by atomic mass is 9.47. The maximum atomic E-state index is 14.1. The molecule has 0 unspecified atom stereocenters. The van der Waals surface area contributed by atoms with Gasteiger partial charge in [-0.25, -0.2) is 13.8 Å². The lowest BCUT2D eigenvalue weighted by Gasteiger charge is -2.57. The molecule has 1 aromatic heterocycles. The van der Waals surface area contributed by atoms with Crippen molar-refractivity contribution in [3.63, 3.8) is 0 Å².